The third kappa shape index (κ3) is 12.1. The molecular formula is C50H70B4N12O12-4. The molecule has 1 aromatic carbocycles. The molecule has 12 aliphatic rings. The van der Waals surface area contributed by atoms with Crippen molar-refractivity contribution < 1.29 is 57.1 Å². The van der Waals surface area contributed by atoms with Gasteiger partial charge in [-0.05, 0) is 154 Å². The van der Waals surface area contributed by atoms with Gasteiger partial charge >= 0.3 is 27.0 Å². The number of fused-ring (bicyclic) bond motifs is 12. The van der Waals surface area contributed by atoms with E-state index in [1.807, 2.05) is 0 Å². The van der Waals surface area contributed by atoms with Crippen LogP contribution >= 0.6 is 0 Å². The molecule has 78 heavy (non-hydrogen) atoms. The average Bonchev–Trinajstić information content (AvgIpc) is 3.54. The predicted molar refractivity (Wildman–Crippen MR) is 301 cm³/mol. The van der Waals surface area contributed by atoms with Crippen LogP contribution in [-0.4, -0.2) is 95.6 Å². The van der Waals surface area contributed by atoms with Crippen LogP contribution in [0.5, 0.6) is 0 Å². The summed E-state index contributed by atoms with van der Waals surface area (Å²) < 4.78 is 78.6. The Morgan fingerprint density at radius 2 is 0.436 bits per heavy atom. The second-order valence-corrected chi connectivity index (χ2v) is 21.8. The molecule has 0 saturated heterocycles. The van der Waals surface area contributed by atoms with E-state index < -0.39 is 27.0 Å². The summed E-state index contributed by atoms with van der Waals surface area (Å²) in [6.07, 6.45) is 20.3. The van der Waals surface area contributed by atoms with Crippen molar-refractivity contribution in [3.63, 3.8) is 0 Å². The minimum atomic E-state index is -3.26. The topological polar surface area (TPSA) is 259 Å². The highest BCUT2D eigenvalue weighted by Gasteiger charge is 2.47. The van der Waals surface area contributed by atoms with Crippen LogP contribution in [0.15, 0.2) is 86.1 Å². The Morgan fingerprint density at radius 3 is 0.603 bits per heavy atom. The van der Waals surface area contributed by atoms with E-state index in [0.717, 1.165) is 89.9 Å². The van der Waals surface area contributed by atoms with Gasteiger partial charge in [-0.15, -0.1) is 61.9 Å². The Hall–Kier alpha value is -6.88. The van der Waals surface area contributed by atoms with Gasteiger partial charge in [-0.25, -0.2) is 0 Å². The molecule has 4 bridgehead atoms. The van der Waals surface area contributed by atoms with Crippen LogP contribution in [0.25, 0.3) is 0 Å². The molecule has 24 nitrogen and oxygen atoms in total. The van der Waals surface area contributed by atoms with Crippen molar-refractivity contribution in [2.45, 2.75) is 206 Å². The first-order valence-electron chi connectivity index (χ1n) is 29.1. The first-order valence-corrected chi connectivity index (χ1v) is 29.1. The monoisotopic (exact) mass is 1070 g/mol. The normalized spacial score (nSPS) is 36.2. The molecule has 0 radical (unpaired) electrons. The van der Waals surface area contributed by atoms with Gasteiger partial charge in [0, 0.05) is 0 Å². The van der Waals surface area contributed by atoms with Gasteiger partial charge in [0.25, 0.3) is 0 Å². The highest BCUT2D eigenvalue weighted by Crippen LogP contribution is 2.31. The van der Waals surface area contributed by atoms with Gasteiger partial charge in [-0.2, -0.15) is 0 Å². The molecule has 0 N–H and O–H groups in total. The summed E-state index contributed by atoms with van der Waals surface area (Å²) in [7, 11) is 0. The van der Waals surface area contributed by atoms with Gasteiger partial charge in [0.15, 0.2) is 0 Å². The van der Waals surface area contributed by atoms with E-state index in [1.165, 1.54) is 0 Å². The zero-order valence-corrected chi connectivity index (χ0v) is 45.1. The molecule has 13 rings (SSSR count). The molecule has 0 amide bonds. The van der Waals surface area contributed by atoms with Crippen molar-refractivity contribution in [2.24, 2.45) is 61.9 Å². The maximum Gasteiger partial charge on any atom is 0.640 e. The van der Waals surface area contributed by atoms with Crippen molar-refractivity contribution in [1.82, 2.24) is 0 Å². The van der Waals surface area contributed by atoms with Crippen LogP contribution in [-0.2, 0) is 57.1 Å². The Balaban J connectivity index is 1.07. The second kappa shape index (κ2) is 24.4. The van der Waals surface area contributed by atoms with Crippen LogP contribution in [0, 0.1) is 0 Å². The van der Waals surface area contributed by atoms with Crippen LogP contribution in [0.2, 0.25) is 12.6 Å². The van der Waals surface area contributed by atoms with E-state index in [0.29, 0.717) is 182 Å². The predicted octanol–water partition coefficient (Wildman–Crippen LogP) is 9.43. The van der Waals surface area contributed by atoms with Gasteiger partial charge in [0.05, 0.1) is 68.5 Å². The van der Waals surface area contributed by atoms with Gasteiger partial charge in [-0.1, -0.05) is 87.4 Å². The number of benzene rings is 1. The number of nitrogens with zero attached hydrogens (tertiary/aromatic N) is 12. The molecule has 6 heterocycles. The van der Waals surface area contributed by atoms with Crippen LogP contribution < -0.4 is 10.9 Å². The summed E-state index contributed by atoms with van der Waals surface area (Å²) in [4.78, 5) is 0. The summed E-state index contributed by atoms with van der Waals surface area (Å²) in [5, 5.41) is 57.0. The number of rotatable bonds is 8. The fourth-order valence-electron chi connectivity index (χ4n) is 10.9. The Morgan fingerprint density at radius 1 is 0.269 bits per heavy atom. The molecular weight excluding hydrogens is 1000 g/mol. The van der Waals surface area contributed by atoms with Crippen LogP contribution in [0.3, 0.4) is 0 Å². The molecule has 1 aromatic rings. The minimum Gasteiger partial charge on any atom is -0.540 e. The van der Waals surface area contributed by atoms with E-state index in [-0.39, 0.29) is 0 Å². The molecule has 6 fully saturated rings. The molecule has 6 aliphatic carbocycles. The highest BCUT2D eigenvalue weighted by molar-refractivity contribution is 6.77. The second-order valence-electron chi connectivity index (χ2n) is 21.8. The lowest BCUT2D eigenvalue weighted by Gasteiger charge is -2.39. The Kier molecular flexibility index (Phi) is 16.6. The van der Waals surface area contributed by atoms with Gasteiger partial charge in [0.2, 0.25) is 0 Å². The molecule has 418 valence electrons. The van der Waals surface area contributed by atoms with Crippen molar-refractivity contribution in [2.75, 3.05) is 0 Å². The Bertz CT molecular complexity index is 2340. The molecule has 6 aliphatic heterocycles. The molecule has 0 aromatic heterocycles. The lowest BCUT2D eigenvalue weighted by Crippen LogP contribution is -2.57. The van der Waals surface area contributed by atoms with Crippen LogP contribution in [0.1, 0.15) is 194 Å². The largest absolute Gasteiger partial charge is 0.640 e. The maximum atomic E-state index is 6.69. The van der Waals surface area contributed by atoms with Gasteiger partial charge in [-0.3, -0.25) is 0 Å². The van der Waals surface area contributed by atoms with E-state index >= 15 is 0 Å². The van der Waals surface area contributed by atoms with E-state index in [2.05, 4.69) is 13.8 Å². The summed E-state index contributed by atoms with van der Waals surface area (Å²) in [5.41, 5.74) is 7.20. The van der Waals surface area contributed by atoms with E-state index in [9.17, 15) is 0 Å². The van der Waals surface area contributed by atoms with Crippen molar-refractivity contribution in [3.8, 4) is 0 Å². The van der Waals surface area contributed by atoms with E-state index in [1.54, 1.807) is 24.3 Å². The Labute approximate surface area is 454 Å². The number of hydrogen-bond donors (Lipinski definition) is 0. The zero-order chi connectivity index (χ0) is 53.1. The SMILES string of the molecule is CCCC[B-]12ON=C3CCCC/C3=N\O[B-](c3ccc([B-]45O/N=C6\CCCCC6=NO[B-](CCCC)(O/N=C6\CCCC\C6=N/O4)O/N=C4\CCCC\C4=N/O5)cc3)(O/N=C3\CCCC\C3=N/O1)O/N=C1\CCCC\C1=N/O2. The average molecular weight is 1070 g/mol. The summed E-state index contributed by atoms with van der Waals surface area (Å²) in [6.45, 7) is -7.71. The third-order valence-electron chi connectivity index (χ3n) is 15.8. The molecule has 6 saturated carbocycles. The zero-order valence-electron chi connectivity index (χ0n) is 45.1. The quantitative estimate of drug-likeness (QED) is 0.221. The smallest absolute Gasteiger partial charge is 0.540 e. The van der Waals surface area contributed by atoms with Crippen LogP contribution in [0.4, 0.5) is 0 Å². The van der Waals surface area contributed by atoms with Gasteiger partial charge < -0.3 is 57.1 Å². The number of hydrogen-bond acceptors (Lipinski definition) is 24. The minimum absolute atomic E-state index is 0.343. The highest BCUT2D eigenvalue weighted by atomic mass is 16.9. The summed E-state index contributed by atoms with van der Waals surface area (Å²) in [5.74, 6) is 0. The number of unbranched alkanes of at least 4 members (excludes halogenated alkanes) is 2. The van der Waals surface area contributed by atoms with Crippen molar-refractivity contribution in [3.05, 3.63) is 24.3 Å². The standard InChI is InChI=1S/C50H70B4N12O12/c1-3-5-35-51-67-55-39-19-7-13-25-45(39)61-73-53(74-62-46-26-14-8-20-40(46)56-68-51,75-63-47-27-15-9-21-41(47)57-69-51)37-31-33-38(34-32-37)54-76-64-48-28-16-10-22-42(48)58-70-52(36-6-4-2,71-59-43-23-11-17-29-49(43)65-77-54)72-60-44-24-12-18-30-50(44)66-78-54/h31-34H,3-30,35-36H2,1-2H3/q-4/b55-39+,56-40+,57-41?,58-42+,59-43+,60-44?,61-45+,62-46+,63-47+,64-48+,65-49+,66-50+. The molecule has 28 heteroatoms. The fourth-order valence-corrected chi connectivity index (χ4v) is 10.9. The molecule has 0 atom stereocenters. The van der Waals surface area contributed by atoms with Crippen molar-refractivity contribution >= 4 is 106 Å². The lowest BCUT2D eigenvalue weighted by molar-refractivity contribution is 0.0638. The summed E-state index contributed by atoms with van der Waals surface area (Å²) in [6, 6.07) is 6.95. The third-order valence-corrected chi connectivity index (χ3v) is 15.8. The lowest BCUT2D eigenvalue weighted by atomic mass is 9.65. The fraction of sp³-hybridized carbons (Fsp3) is 0.640. The molecule has 0 spiro atoms. The first-order chi connectivity index (χ1) is 38.4. The maximum absolute atomic E-state index is 6.69. The van der Waals surface area contributed by atoms with Gasteiger partial charge in [0.1, 0.15) is 0 Å². The summed E-state index contributed by atoms with van der Waals surface area (Å²) >= 11 is 0. The van der Waals surface area contributed by atoms with Crippen molar-refractivity contribution in [1.29, 1.82) is 0 Å². The number of oxime groups is 12. The molecule has 0 unspecified atom stereocenters. The van der Waals surface area contributed by atoms with E-state index in [4.69, 9.17) is 119 Å². The first kappa shape index (κ1) is 53.1.